The maximum absolute atomic E-state index is 12.9. The zero-order valence-electron chi connectivity index (χ0n) is 66.1. The highest BCUT2D eigenvalue weighted by Crippen LogP contribution is 2.42. The van der Waals surface area contributed by atoms with Gasteiger partial charge in [0.05, 0.1) is 87.6 Å². The Labute approximate surface area is 706 Å². The molecule has 5 amide bonds. The molecule has 34 heteroatoms. The average Bonchev–Trinajstić information content (AvgIpc) is 0.819. The largest absolute Gasteiger partial charge is 0.497 e. The zero-order chi connectivity index (χ0) is 86.6. The number of esters is 2. The normalized spacial score (nSPS) is 10.2. The third kappa shape index (κ3) is 31.6. The lowest BCUT2D eigenvalue weighted by molar-refractivity contribution is -0.154. The third-order valence-electron chi connectivity index (χ3n) is 16.1. The molecule has 119 heavy (non-hydrogen) atoms. The van der Waals surface area contributed by atoms with Gasteiger partial charge in [0.1, 0.15) is 74.1 Å². The summed E-state index contributed by atoms with van der Waals surface area (Å²) in [7, 11) is 9.57. The molecule has 8 N–H and O–H groups in total. The fourth-order valence-corrected chi connectivity index (χ4v) is 10.8. The van der Waals surface area contributed by atoms with Gasteiger partial charge in [-0.25, -0.2) is 14.4 Å². The number of nitrogens with two attached hydrogens (primary N) is 1. The van der Waals surface area contributed by atoms with E-state index in [2.05, 4.69) is 36.1 Å². The van der Waals surface area contributed by atoms with E-state index in [4.69, 9.17) is 114 Å². The maximum Gasteiger partial charge on any atom is 0.396 e. The smallest absolute Gasteiger partial charge is 0.396 e. The lowest BCUT2D eigenvalue weighted by Crippen LogP contribution is -2.38. The molecule has 0 radical (unpaired) electrons. The number of aliphatic carboxylic acids is 1. The predicted octanol–water partition coefficient (Wildman–Crippen LogP) is 11.9. The average molecular weight is 1720 g/mol. The van der Waals surface area contributed by atoms with Gasteiger partial charge in [-0.15, -0.1) is 0 Å². The summed E-state index contributed by atoms with van der Waals surface area (Å²) in [6.45, 7) is 5.39. The molecule has 632 valence electrons. The highest BCUT2D eigenvalue weighted by molar-refractivity contribution is 6.80. The van der Waals surface area contributed by atoms with Crippen LogP contribution in [-0.4, -0.2) is 153 Å². The summed E-state index contributed by atoms with van der Waals surface area (Å²) in [5.41, 5.74) is 11.4. The van der Waals surface area contributed by atoms with E-state index < -0.39 is 46.8 Å². The van der Waals surface area contributed by atoms with Crippen LogP contribution in [0.2, 0.25) is 15.1 Å². The van der Waals surface area contributed by atoms with Crippen LogP contribution in [0.5, 0.6) is 69.0 Å². The fourth-order valence-electron chi connectivity index (χ4n) is 9.87. The first-order valence-electron chi connectivity index (χ1n) is 36.3. The van der Waals surface area contributed by atoms with E-state index in [0.29, 0.717) is 47.6 Å². The number of hydrogen-bond acceptors (Lipinski definition) is 24. The summed E-state index contributed by atoms with van der Waals surface area (Å²) < 4.78 is 76.0. The molecule has 0 atom stereocenters. The number of ether oxygens (including phenoxy) is 14. The number of carbonyl (C=O) groups excluding carboxylic acids is 8. The predicted molar refractivity (Wildman–Crippen MR) is 442 cm³/mol. The minimum atomic E-state index is -1.61. The number of carboxylic acids is 1. The van der Waals surface area contributed by atoms with Crippen molar-refractivity contribution in [2.45, 2.75) is 53.5 Å². The molecule has 9 aromatic rings. The molecule has 0 unspecified atom stereocenters. The van der Waals surface area contributed by atoms with E-state index in [-0.39, 0.29) is 128 Å². The molecule has 0 saturated carbocycles. The standard InChI is InChI=1S/C29H31ClN2O8.C27H27ClN2O8.C25H27ClN2O5.C4H5ClO3/c1-4-38-29(35)28(34)32-16-15-31-27(33)23-13-14-24(39-17-19-5-9-21(36-2)10-6-19)26(25(23)30)40-18-20-7-11-22(37-3)12-8-20;1-35-19-7-3-17(4-8-19)15-37-22-12-11-21(25(31)29-13-14-30-26(32)27(33)34)23(28)24(22)38-16-18-5-9-20(36-2)10-6-18;1-30-19-7-3-17(4-8-19)15-32-22-12-11-21(25(29)28-14-13-27)23(26)24(22)33-16-18-5-9-20(31-2)10-6-18;1-2-8-4(7)3(5)6/h5-14H,4,15-18H2,1-3H3,(H,31,33)(H,32,34);3-12H,13-16H2,1-2H3,(H,29,31)(H,30,32)(H,33,34);3-12H,13-16,27H2,1-2H3,(H,28,29);2H2,1H3. The number of carboxylic acid groups (broad SMARTS) is 1. The van der Waals surface area contributed by atoms with Crippen LogP contribution in [0.25, 0.3) is 0 Å². The number of benzene rings is 9. The second-order valence-electron chi connectivity index (χ2n) is 24.2. The summed E-state index contributed by atoms with van der Waals surface area (Å²) >= 11 is 24.5. The molecular weight excluding hydrogens is 1630 g/mol. The highest BCUT2D eigenvalue weighted by Gasteiger charge is 2.25. The number of nitrogens with one attached hydrogen (secondary N) is 5. The molecule has 0 aromatic heterocycles. The first-order valence-corrected chi connectivity index (χ1v) is 37.8. The first-order chi connectivity index (χ1) is 57.4. The second kappa shape index (κ2) is 51.3. The van der Waals surface area contributed by atoms with Crippen molar-refractivity contribution in [3.8, 4) is 69.0 Å². The van der Waals surface area contributed by atoms with E-state index in [9.17, 15) is 43.2 Å². The summed E-state index contributed by atoms with van der Waals surface area (Å²) in [4.78, 5) is 103. The van der Waals surface area contributed by atoms with Crippen LogP contribution < -0.4 is 89.2 Å². The molecule has 0 aliphatic rings. The molecule has 0 bridgehead atoms. The van der Waals surface area contributed by atoms with E-state index >= 15 is 0 Å². The van der Waals surface area contributed by atoms with Crippen LogP contribution in [0.3, 0.4) is 0 Å². The minimum absolute atomic E-state index is 0.00799. The number of carbonyl (C=O) groups is 9. The van der Waals surface area contributed by atoms with Crippen molar-refractivity contribution in [2.75, 3.05) is 95.1 Å². The Morgan fingerprint density at radius 3 is 0.782 bits per heavy atom. The Balaban J connectivity index is 0.000000265. The van der Waals surface area contributed by atoms with Crippen LogP contribution in [0, 0.1) is 0 Å². The number of amides is 5. The molecule has 0 heterocycles. The Bertz CT molecular complexity index is 4800. The van der Waals surface area contributed by atoms with Crippen molar-refractivity contribution in [1.29, 1.82) is 0 Å². The molecule has 0 spiro atoms. The van der Waals surface area contributed by atoms with Gasteiger partial charge in [-0.2, -0.15) is 0 Å². The molecule has 0 fully saturated rings. The SMILES string of the molecule is CCOC(=O)C(=O)Cl.CCOC(=O)C(=O)NCCNC(=O)c1ccc(OCc2ccc(OC)cc2)c(OCc2ccc(OC)cc2)c1Cl.COc1ccc(COc2ccc(C(=O)NCCN)c(Cl)c2OCc2ccc(OC)cc2)cc1.COc1ccc(COc2ccc(C(=O)NCCNC(=O)C(=O)O)c(Cl)c2OCc2ccc(OC)cc2)cc1. The Morgan fingerprint density at radius 1 is 0.319 bits per heavy atom. The Morgan fingerprint density at radius 2 is 0.555 bits per heavy atom. The van der Waals surface area contributed by atoms with Gasteiger partial charge in [0.15, 0.2) is 34.5 Å². The minimum Gasteiger partial charge on any atom is -0.497 e. The molecule has 0 aliphatic carbocycles. The van der Waals surface area contributed by atoms with Gasteiger partial charge >= 0.3 is 35.0 Å². The Kier molecular flexibility index (Phi) is 40.9. The molecule has 30 nitrogen and oxygen atoms in total. The van der Waals surface area contributed by atoms with Crippen LogP contribution in [-0.2, 0) is 77.9 Å². The monoisotopic (exact) mass is 1720 g/mol. The van der Waals surface area contributed by atoms with Gasteiger partial charge in [0.25, 0.3) is 17.7 Å². The van der Waals surface area contributed by atoms with Crippen molar-refractivity contribution in [1.82, 2.24) is 26.6 Å². The zero-order valence-corrected chi connectivity index (χ0v) is 69.2. The summed E-state index contributed by atoms with van der Waals surface area (Å²) in [5.74, 6) is -0.819. The number of methoxy groups -OCH3 is 6. The maximum atomic E-state index is 12.9. The van der Waals surface area contributed by atoms with Crippen molar-refractivity contribution < 1.29 is 115 Å². The van der Waals surface area contributed by atoms with Crippen molar-refractivity contribution in [3.63, 3.8) is 0 Å². The third-order valence-corrected chi connectivity index (χ3v) is 17.4. The molecule has 9 rings (SSSR count). The van der Waals surface area contributed by atoms with Gasteiger partial charge in [-0.05, 0) is 168 Å². The van der Waals surface area contributed by atoms with Crippen LogP contribution in [0.4, 0.5) is 0 Å². The lowest BCUT2D eigenvalue weighted by Gasteiger charge is -2.17. The van der Waals surface area contributed by atoms with Crippen LogP contribution in [0.1, 0.15) is 78.3 Å². The highest BCUT2D eigenvalue weighted by atomic mass is 35.5. The van der Waals surface area contributed by atoms with Crippen molar-refractivity contribution in [3.05, 3.63) is 247 Å². The topological polar surface area (TPSA) is 389 Å². The van der Waals surface area contributed by atoms with Gasteiger partial charge < -0.3 is 104 Å². The van der Waals surface area contributed by atoms with Crippen LogP contribution >= 0.6 is 46.4 Å². The second-order valence-corrected chi connectivity index (χ2v) is 25.6. The summed E-state index contributed by atoms with van der Waals surface area (Å²) in [6.07, 6.45) is 0. The van der Waals surface area contributed by atoms with E-state index in [1.165, 1.54) is 12.1 Å². The van der Waals surface area contributed by atoms with Gasteiger partial charge in [-0.3, -0.25) is 28.8 Å². The van der Waals surface area contributed by atoms with Crippen LogP contribution in [0.15, 0.2) is 182 Å². The molecular formula is C85H90Cl4N6O24. The number of rotatable bonds is 38. The lowest BCUT2D eigenvalue weighted by atomic mass is 10.1. The van der Waals surface area contributed by atoms with Crippen molar-refractivity contribution >= 4 is 99.1 Å². The number of halogens is 4. The molecule has 0 saturated heterocycles. The van der Waals surface area contributed by atoms with E-state index in [1.807, 2.05) is 133 Å². The van der Waals surface area contributed by atoms with E-state index in [0.717, 1.165) is 56.4 Å². The summed E-state index contributed by atoms with van der Waals surface area (Å²) in [6, 6.07) is 53.9. The summed E-state index contributed by atoms with van der Waals surface area (Å²) in [5, 5.41) is 20.3. The fraction of sp³-hybridized carbons (Fsp3) is 0.259. The quantitative estimate of drug-likeness (QED) is 0.00818. The van der Waals surface area contributed by atoms with E-state index in [1.54, 1.807) is 92.9 Å². The Hall–Kier alpha value is -12.9. The first kappa shape index (κ1) is 95.0. The number of hydrogen-bond donors (Lipinski definition) is 7. The van der Waals surface area contributed by atoms with Crippen molar-refractivity contribution in [2.24, 2.45) is 5.73 Å². The molecule has 9 aromatic carbocycles. The van der Waals surface area contributed by atoms with Gasteiger partial charge in [0.2, 0.25) is 0 Å². The molecule has 0 aliphatic heterocycles. The van der Waals surface area contributed by atoms with Gasteiger partial charge in [-0.1, -0.05) is 108 Å². The van der Waals surface area contributed by atoms with Gasteiger partial charge in [0, 0.05) is 39.3 Å².